The highest BCUT2D eigenvalue weighted by atomic mass is 35.5. The molecule has 0 unspecified atom stereocenters. The van der Waals surface area contributed by atoms with Crippen molar-refractivity contribution in [2.24, 2.45) is 0 Å². The Hall–Kier alpha value is -1.32. The number of thiophene rings is 1. The van der Waals surface area contributed by atoms with Crippen molar-refractivity contribution in [1.82, 2.24) is 4.98 Å². The third kappa shape index (κ3) is 1.75. The molecule has 17 heavy (non-hydrogen) atoms. The SMILES string of the molecule is Cc1oc(-c2scc3ccccc23)nc1CCl. The zero-order valence-corrected chi connectivity index (χ0v) is 10.8. The van der Waals surface area contributed by atoms with Gasteiger partial charge in [0.15, 0.2) is 0 Å². The largest absolute Gasteiger partial charge is 0.440 e. The first-order chi connectivity index (χ1) is 8.29. The minimum absolute atomic E-state index is 0.388. The molecule has 0 saturated heterocycles. The van der Waals surface area contributed by atoms with Crippen molar-refractivity contribution in [3.63, 3.8) is 0 Å². The quantitative estimate of drug-likeness (QED) is 0.632. The van der Waals surface area contributed by atoms with Gasteiger partial charge in [0, 0.05) is 5.39 Å². The molecule has 86 valence electrons. The lowest BCUT2D eigenvalue weighted by Crippen LogP contribution is -1.79. The summed E-state index contributed by atoms with van der Waals surface area (Å²) < 4.78 is 5.67. The van der Waals surface area contributed by atoms with Gasteiger partial charge in [-0.15, -0.1) is 22.9 Å². The van der Waals surface area contributed by atoms with Crippen molar-refractivity contribution in [3.8, 4) is 10.8 Å². The van der Waals surface area contributed by atoms with Gasteiger partial charge < -0.3 is 4.42 Å². The van der Waals surface area contributed by atoms with Gasteiger partial charge in [0.25, 0.3) is 0 Å². The smallest absolute Gasteiger partial charge is 0.237 e. The van der Waals surface area contributed by atoms with Crippen LogP contribution in [0.2, 0.25) is 0 Å². The molecule has 3 rings (SSSR count). The van der Waals surface area contributed by atoms with Crippen LogP contribution in [0.5, 0.6) is 0 Å². The summed E-state index contributed by atoms with van der Waals surface area (Å²) in [4.78, 5) is 5.50. The Labute approximate surface area is 108 Å². The second-order valence-electron chi connectivity index (χ2n) is 3.81. The molecule has 0 aliphatic carbocycles. The van der Waals surface area contributed by atoms with Gasteiger partial charge in [-0.05, 0) is 17.7 Å². The van der Waals surface area contributed by atoms with Gasteiger partial charge in [-0.1, -0.05) is 24.3 Å². The fourth-order valence-electron chi connectivity index (χ4n) is 1.81. The van der Waals surface area contributed by atoms with Crippen molar-refractivity contribution in [2.45, 2.75) is 12.8 Å². The van der Waals surface area contributed by atoms with E-state index in [9.17, 15) is 0 Å². The molecule has 0 aliphatic heterocycles. The number of hydrogen-bond acceptors (Lipinski definition) is 3. The molecule has 0 atom stereocenters. The molecular formula is C13H10ClNOS. The molecule has 0 fully saturated rings. The highest BCUT2D eigenvalue weighted by molar-refractivity contribution is 7.15. The van der Waals surface area contributed by atoms with Crippen molar-refractivity contribution in [1.29, 1.82) is 0 Å². The van der Waals surface area contributed by atoms with Gasteiger partial charge in [0.1, 0.15) is 5.76 Å². The first-order valence-electron chi connectivity index (χ1n) is 5.28. The van der Waals surface area contributed by atoms with E-state index >= 15 is 0 Å². The molecule has 0 N–H and O–H groups in total. The number of nitrogens with zero attached hydrogens (tertiary/aromatic N) is 1. The first kappa shape index (κ1) is 10.8. The Morgan fingerprint density at radius 3 is 2.94 bits per heavy atom. The molecule has 0 saturated carbocycles. The molecule has 2 heterocycles. The van der Waals surface area contributed by atoms with Crippen molar-refractivity contribution >= 4 is 33.7 Å². The average molecular weight is 264 g/mol. The summed E-state index contributed by atoms with van der Waals surface area (Å²) in [5, 5.41) is 4.51. The molecule has 0 bridgehead atoms. The molecule has 0 radical (unpaired) electrons. The highest BCUT2D eigenvalue weighted by Gasteiger charge is 2.14. The number of aromatic nitrogens is 1. The monoisotopic (exact) mass is 263 g/mol. The number of rotatable bonds is 2. The molecular weight excluding hydrogens is 254 g/mol. The normalized spacial score (nSPS) is 11.2. The molecule has 2 nitrogen and oxygen atoms in total. The van der Waals surface area contributed by atoms with E-state index < -0.39 is 0 Å². The van der Waals surface area contributed by atoms with Crippen molar-refractivity contribution < 1.29 is 4.42 Å². The maximum absolute atomic E-state index is 5.81. The van der Waals surface area contributed by atoms with E-state index in [2.05, 4.69) is 22.5 Å². The van der Waals surface area contributed by atoms with E-state index in [1.54, 1.807) is 11.3 Å². The van der Waals surface area contributed by atoms with Crippen molar-refractivity contribution in [2.75, 3.05) is 0 Å². The maximum Gasteiger partial charge on any atom is 0.237 e. The predicted octanol–water partition coefficient (Wildman–Crippen LogP) is 4.60. The maximum atomic E-state index is 5.81. The van der Waals surface area contributed by atoms with Gasteiger partial charge in [-0.25, -0.2) is 4.98 Å². The van der Waals surface area contributed by atoms with Crippen LogP contribution in [0.3, 0.4) is 0 Å². The van der Waals surface area contributed by atoms with Crippen LogP contribution in [0.1, 0.15) is 11.5 Å². The lowest BCUT2D eigenvalue weighted by molar-refractivity contribution is 0.542. The second kappa shape index (κ2) is 4.17. The van der Waals surface area contributed by atoms with Gasteiger partial charge in [-0.2, -0.15) is 0 Å². The minimum atomic E-state index is 0.388. The van der Waals surface area contributed by atoms with Crippen LogP contribution in [-0.4, -0.2) is 4.98 Å². The number of alkyl halides is 1. The summed E-state index contributed by atoms with van der Waals surface area (Å²) in [7, 11) is 0. The minimum Gasteiger partial charge on any atom is -0.440 e. The van der Waals surface area contributed by atoms with E-state index in [1.807, 2.05) is 19.1 Å². The number of aryl methyl sites for hydroxylation is 1. The van der Waals surface area contributed by atoms with Crippen LogP contribution in [0.25, 0.3) is 21.5 Å². The zero-order valence-electron chi connectivity index (χ0n) is 9.24. The average Bonchev–Trinajstić information content (AvgIpc) is 2.92. The van der Waals surface area contributed by atoms with Crippen LogP contribution in [0, 0.1) is 6.92 Å². The van der Waals surface area contributed by atoms with E-state index in [0.717, 1.165) is 16.3 Å². The Morgan fingerprint density at radius 1 is 1.35 bits per heavy atom. The standard InChI is InChI=1S/C13H10ClNOS/c1-8-11(6-14)15-13(16-8)12-10-5-3-2-4-9(10)7-17-12/h2-5,7H,6H2,1H3. The molecule has 3 aromatic rings. The topological polar surface area (TPSA) is 26.0 Å². The Bertz CT molecular complexity index is 671. The first-order valence-corrected chi connectivity index (χ1v) is 6.70. The van der Waals surface area contributed by atoms with Crippen LogP contribution >= 0.6 is 22.9 Å². The highest BCUT2D eigenvalue weighted by Crippen LogP contribution is 2.35. The zero-order chi connectivity index (χ0) is 11.8. The lowest BCUT2D eigenvalue weighted by Gasteiger charge is -1.92. The van der Waals surface area contributed by atoms with Crippen LogP contribution in [-0.2, 0) is 5.88 Å². The summed E-state index contributed by atoms with van der Waals surface area (Å²) in [6.07, 6.45) is 0. The van der Waals surface area contributed by atoms with E-state index in [0.29, 0.717) is 11.8 Å². The Morgan fingerprint density at radius 2 is 2.18 bits per heavy atom. The molecule has 0 spiro atoms. The summed E-state index contributed by atoms with van der Waals surface area (Å²) in [5.74, 6) is 1.86. The number of hydrogen-bond donors (Lipinski definition) is 0. The summed E-state index contributed by atoms with van der Waals surface area (Å²) >= 11 is 7.46. The van der Waals surface area contributed by atoms with E-state index in [4.69, 9.17) is 16.0 Å². The summed E-state index contributed by atoms with van der Waals surface area (Å²) in [5.41, 5.74) is 0.819. The van der Waals surface area contributed by atoms with Crippen molar-refractivity contribution in [3.05, 3.63) is 41.1 Å². The summed E-state index contributed by atoms with van der Waals surface area (Å²) in [6, 6.07) is 8.23. The van der Waals surface area contributed by atoms with Gasteiger partial charge >= 0.3 is 0 Å². The molecule has 0 amide bonds. The molecule has 1 aromatic carbocycles. The van der Waals surface area contributed by atoms with Crippen LogP contribution in [0.15, 0.2) is 34.1 Å². The molecule has 0 aliphatic rings. The number of benzene rings is 1. The number of oxazole rings is 1. The van der Waals surface area contributed by atoms with Gasteiger partial charge in [-0.3, -0.25) is 0 Å². The Balaban J connectivity index is 2.20. The third-order valence-electron chi connectivity index (χ3n) is 2.72. The fourth-order valence-corrected chi connectivity index (χ4v) is 3.01. The lowest BCUT2D eigenvalue weighted by atomic mass is 10.2. The van der Waals surface area contributed by atoms with Gasteiger partial charge in [0.05, 0.1) is 16.5 Å². The molecule has 4 heteroatoms. The predicted molar refractivity (Wildman–Crippen MR) is 71.6 cm³/mol. The summed E-state index contributed by atoms with van der Waals surface area (Å²) in [6.45, 7) is 1.89. The van der Waals surface area contributed by atoms with Gasteiger partial charge in [0.2, 0.25) is 5.89 Å². The Kier molecular flexibility index (Phi) is 2.65. The second-order valence-corrected chi connectivity index (χ2v) is 4.95. The third-order valence-corrected chi connectivity index (χ3v) is 3.98. The van der Waals surface area contributed by atoms with E-state index in [1.165, 1.54) is 10.8 Å². The fraction of sp³-hybridized carbons (Fsp3) is 0.154. The number of fused-ring (bicyclic) bond motifs is 1. The van der Waals surface area contributed by atoms with E-state index in [-0.39, 0.29) is 0 Å². The number of halogens is 1. The van der Waals surface area contributed by atoms with Crippen LogP contribution < -0.4 is 0 Å². The molecule has 2 aromatic heterocycles. The van der Waals surface area contributed by atoms with Crippen LogP contribution in [0.4, 0.5) is 0 Å².